The SMILES string of the molecule is CC(C)[C@H](N)C(=O)N[C@@H](CCCN)C(=O)Nc1ccc(CO)cc1Cl. The highest BCUT2D eigenvalue weighted by atomic mass is 35.5. The van der Waals surface area contributed by atoms with Crippen LogP contribution in [0.5, 0.6) is 0 Å². The maximum absolute atomic E-state index is 12.5. The standard InChI is InChI=1S/C17H27ClN4O3/c1-10(2)15(20)17(25)22-14(4-3-7-19)16(24)21-13-6-5-11(9-23)8-12(13)18/h5-6,8,10,14-15,23H,3-4,7,9,19-20H2,1-2H3,(H,21,24)(H,22,25)/t14-,15-/m0/s1. The molecule has 1 aromatic rings. The van der Waals surface area contributed by atoms with Crippen LogP contribution in [0.1, 0.15) is 32.3 Å². The van der Waals surface area contributed by atoms with Crippen molar-refractivity contribution < 1.29 is 14.7 Å². The Morgan fingerprint density at radius 3 is 2.48 bits per heavy atom. The Balaban J connectivity index is 2.84. The van der Waals surface area contributed by atoms with Crippen LogP contribution < -0.4 is 22.1 Å². The van der Waals surface area contributed by atoms with E-state index in [0.29, 0.717) is 35.7 Å². The van der Waals surface area contributed by atoms with E-state index >= 15 is 0 Å². The Morgan fingerprint density at radius 2 is 1.96 bits per heavy atom. The van der Waals surface area contributed by atoms with E-state index in [2.05, 4.69) is 10.6 Å². The van der Waals surface area contributed by atoms with E-state index < -0.39 is 18.0 Å². The number of nitrogens with one attached hydrogen (secondary N) is 2. The molecule has 0 heterocycles. The minimum atomic E-state index is -0.755. The maximum Gasteiger partial charge on any atom is 0.246 e. The predicted molar refractivity (Wildman–Crippen MR) is 99.0 cm³/mol. The van der Waals surface area contributed by atoms with Crippen molar-refractivity contribution in [3.8, 4) is 0 Å². The summed E-state index contributed by atoms with van der Waals surface area (Å²) in [7, 11) is 0. The lowest BCUT2D eigenvalue weighted by molar-refractivity contribution is -0.128. The molecule has 0 aromatic heterocycles. The van der Waals surface area contributed by atoms with E-state index in [0.717, 1.165) is 0 Å². The quantitative estimate of drug-likeness (QED) is 0.442. The van der Waals surface area contributed by atoms with Crippen LogP contribution in [0, 0.1) is 5.92 Å². The molecule has 2 amide bonds. The number of aliphatic hydroxyl groups is 1. The number of carbonyl (C=O) groups is 2. The van der Waals surface area contributed by atoms with Gasteiger partial charge in [0.25, 0.3) is 0 Å². The van der Waals surface area contributed by atoms with Crippen LogP contribution in [0.15, 0.2) is 18.2 Å². The molecule has 2 atom stereocenters. The number of carbonyl (C=O) groups excluding carboxylic acids is 2. The van der Waals surface area contributed by atoms with Crippen molar-refractivity contribution in [1.82, 2.24) is 5.32 Å². The molecular weight excluding hydrogens is 344 g/mol. The summed E-state index contributed by atoms with van der Waals surface area (Å²) in [6, 6.07) is 3.38. The molecule has 1 rings (SSSR count). The van der Waals surface area contributed by atoms with E-state index in [1.165, 1.54) is 0 Å². The molecule has 0 aliphatic rings. The fourth-order valence-corrected chi connectivity index (χ4v) is 2.39. The molecule has 0 saturated carbocycles. The van der Waals surface area contributed by atoms with Gasteiger partial charge in [-0.15, -0.1) is 0 Å². The first-order chi connectivity index (χ1) is 11.8. The molecule has 0 radical (unpaired) electrons. The van der Waals surface area contributed by atoms with Crippen LogP contribution in [-0.4, -0.2) is 35.5 Å². The summed E-state index contributed by atoms with van der Waals surface area (Å²) in [6.07, 6.45) is 0.970. The first kappa shape index (κ1) is 21.4. The van der Waals surface area contributed by atoms with Gasteiger partial charge in [-0.2, -0.15) is 0 Å². The molecule has 0 saturated heterocycles. The Kier molecular flexibility index (Phi) is 8.85. The van der Waals surface area contributed by atoms with Gasteiger partial charge in [-0.1, -0.05) is 31.5 Å². The normalized spacial score (nSPS) is 13.4. The summed E-state index contributed by atoms with van der Waals surface area (Å²) in [5.41, 5.74) is 12.4. The largest absolute Gasteiger partial charge is 0.392 e. The van der Waals surface area contributed by atoms with Gasteiger partial charge >= 0.3 is 0 Å². The van der Waals surface area contributed by atoms with Gasteiger partial charge in [0.15, 0.2) is 0 Å². The van der Waals surface area contributed by atoms with Crippen LogP contribution >= 0.6 is 11.6 Å². The van der Waals surface area contributed by atoms with Crippen LogP contribution in [0.25, 0.3) is 0 Å². The third-order valence-corrected chi connectivity index (χ3v) is 4.14. The molecule has 0 spiro atoms. The van der Waals surface area contributed by atoms with Gasteiger partial charge in [-0.3, -0.25) is 9.59 Å². The fourth-order valence-electron chi connectivity index (χ4n) is 2.14. The average Bonchev–Trinajstić information content (AvgIpc) is 2.58. The Hall–Kier alpha value is -1.67. The zero-order valence-corrected chi connectivity index (χ0v) is 15.3. The van der Waals surface area contributed by atoms with Gasteiger partial charge in [-0.05, 0) is 43.0 Å². The van der Waals surface area contributed by atoms with Crippen molar-refractivity contribution >= 4 is 29.1 Å². The molecular formula is C17H27ClN4O3. The smallest absolute Gasteiger partial charge is 0.246 e. The zero-order chi connectivity index (χ0) is 19.0. The number of amides is 2. The second-order valence-corrected chi connectivity index (χ2v) is 6.63. The average molecular weight is 371 g/mol. The lowest BCUT2D eigenvalue weighted by atomic mass is 10.0. The number of hydrogen-bond acceptors (Lipinski definition) is 5. The van der Waals surface area contributed by atoms with Crippen LogP contribution in [0.2, 0.25) is 5.02 Å². The van der Waals surface area contributed by atoms with E-state index in [1.54, 1.807) is 18.2 Å². The molecule has 0 aliphatic heterocycles. The molecule has 0 aliphatic carbocycles. The number of anilines is 1. The van der Waals surface area contributed by atoms with Crippen LogP contribution in [-0.2, 0) is 16.2 Å². The van der Waals surface area contributed by atoms with Crippen molar-refractivity contribution in [3.63, 3.8) is 0 Å². The summed E-state index contributed by atoms with van der Waals surface area (Å²) in [5.74, 6) is -0.816. The number of hydrogen-bond donors (Lipinski definition) is 5. The first-order valence-electron chi connectivity index (χ1n) is 8.26. The summed E-state index contributed by atoms with van der Waals surface area (Å²) in [5, 5.41) is 14.8. The van der Waals surface area contributed by atoms with Gasteiger partial charge in [-0.25, -0.2) is 0 Å². The Bertz CT molecular complexity index is 595. The van der Waals surface area contributed by atoms with E-state index in [-0.39, 0.29) is 18.4 Å². The minimum Gasteiger partial charge on any atom is -0.392 e. The van der Waals surface area contributed by atoms with Crippen molar-refractivity contribution in [3.05, 3.63) is 28.8 Å². The molecule has 7 nitrogen and oxygen atoms in total. The Morgan fingerprint density at radius 1 is 1.28 bits per heavy atom. The monoisotopic (exact) mass is 370 g/mol. The molecule has 0 unspecified atom stereocenters. The number of rotatable bonds is 9. The minimum absolute atomic E-state index is 0.0429. The lowest BCUT2D eigenvalue weighted by Gasteiger charge is -2.22. The van der Waals surface area contributed by atoms with Gasteiger partial charge < -0.3 is 27.2 Å². The van der Waals surface area contributed by atoms with Gasteiger partial charge in [0.1, 0.15) is 6.04 Å². The predicted octanol–water partition coefficient (Wildman–Crippen LogP) is 0.978. The van der Waals surface area contributed by atoms with Gasteiger partial charge in [0.2, 0.25) is 11.8 Å². The topological polar surface area (TPSA) is 130 Å². The van der Waals surface area contributed by atoms with Crippen LogP contribution in [0.3, 0.4) is 0 Å². The third kappa shape index (κ3) is 6.62. The molecule has 0 fully saturated rings. The molecule has 1 aromatic carbocycles. The first-order valence-corrected chi connectivity index (χ1v) is 8.64. The van der Waals surface area contributed by atoms with Crippen molar-refractivity contribution in [1.29, 1.82) is 0 Å². The van der Waals surface area contributed by atoms with Gasteiger partial charge in [0, 0.05) is 0 Å². The lowest BCUT2D eigenvalue weighted by Crippen LogP contribution is -2.51. The number of halogens is 1. The summed E-state index contributed by atoms with van der Waals surface area (Å²) >= 11 is 6.11. The Labute approximate surface area is 153 Å². The van der Waals surface area contributed by atoms with Gasteiger partial charge in [0.05, 0.1) is 23.4 Å². The highest BCUT2D eigenvalue weighted by molar-refractivity contribution is 6.33. The highest BCUT2D eigenvalue weighted by Gasteiger charge is 2.25. The van der Waals surface area contributed by atoms with E-state index in [4.69, 9.17) is 28.2 Å². The van der Waals surface area contributed by atoms with Crippen molar-refractivity contribution in [2.24, 2.45) is 17.4 Å². The van der Waals surface area contributed by atoms with Crippen molar-refractivity contribution in [2.75, 3.05) is 11.9 Å². The molecule has 8 heteroatoms. The van der Waals surface area contributed by atoms with Crippen molar-refractivity contribution in [2.45, 2.75) is 45.4 Å². The number of benzene rings is 1. The third-order valence-electron chi connectivity index (χ3n) is 3.82. The number of nitrogens with two attached hydrogens (primary N) is 2. The second-order valence-electron chi connectivity index (χ2n) is 6.22. The molecule has 0 bridgehead atoms. The van der Waals surface area contributed by atoms with E-state index in [9.17, 15) is 9.59 Å². The molecule has 140 valence electrons. The van der Waals surface area contributed by atoms with Crippen LogP contribution in [0.4, 0.5) is 5.69 Å². The second kappa shape index (κ2) is 10.4. The maximum atomic E-state index is 12.5. The van der Waals surface area contributed by atoms with E-state index in [1.807, 2.05) is 13.8 Å². The highest BCUT2D eigenvalue weighted by Crippen LogP contribution is 2.23. The fraction of sp³-hybridized carbons (Fsp3) is 0.529. The number of aliphatic hydroxyl groups excluding tert-OH is 1. The molecule has 7 N–H and O–H groups in total. The summed E-state index contributed by atoms with van der Waals surface area (Å²) < 4.78 is 0. The molecule has 25 heavy (non-hydrogen) atoms. The zero-order valence-electron chi connectivity index (χ0n) is 14.6. The summed E-state index contributed by atoms with van der Waals surface area (Å²) in [6.45, 7) is 3.93. The summed E-state index contributed by atoms with van der Waals surface area (Å²) in [4.78, 5) is 24.7.